The zero-order chi connectivity index (χ0) is 18.3. The van der Waals surface area contributed by atoms with Crippen LogP contribution in [0, 0.1) is 11.7 Å². The van der Waals surface area contributed by atoms with Gasteiger partial charge in [0, 0.05) is 31.4 Å². The van der Waals surface area contributed by atoms with Gasteiger partial charge in [-0.25, -0.2) is 4.39 Å². The van der Waals surface area contributed by atoms with Crippen LogP contribution in [0.25, 0.3) is 0 Å². The zero-order valence-corrected chi connectivity index (χ0v) is 14.7. The minimum Gasteiger partial charge on any atom is -0.315 e. The lowest BCUT2D eigenvalue weighted by Gasteiger charge is -2.22. The van der Waals surface area contributed by atoms with Crippen molar-refractivity contribution in [2.45, 2.75) is 25.7 Å². The molecule has 2 amide bonds. The molecule has 0 spiro atoms. The minimum absolute atomic E-state index is 0.0196. The number of carbonyl (C=O) groups excluding carboxylic acids is 2. The minimum atomic E-state index is -0.384. The second kappa shape index (κ2) is 6.56. The number of fused-ring (bicyclic) bond motifs is 1. The highest BCUT2D eigenvalue weighted by Gasteiger charge is 2.37. The topological polar surface area (TPSA) is 40.6 Å². The Hall–Kier alpha value is -2.69. The number of rotatable bonds is 3. The number of benzene rings is 2. The summed E-state index contributed by atoms with van der Waals surface area (Å²) in [5, 5.41) is 0. The van der Waals surface area contributed by atoms with Crippen molar-refractivity contribution in [1.29, 1.82) is 0 Å². The summed E-state index contributed by atoms with van der Waals surface area (Å²) in [6.45, 7) is 0.391. The fourth-order valence-electron chi connectivity index (χ4n) is 3.91. The lowest BCUT2D eigenvalue weighted by Crippen LogP contribution is -2.34. The summed E-state index contributed by atoms with van der Waals surface area (Å²) < 4.78 is 13.1. The molecule has 1 aliphatic heterocycles. The number of hydrogen-bond acceptors (Lipinski definition) is 2. The van der Waals surface area contributed by atoms with E-state index in [2.05, 4.69) is 12.1 Å². The number of carbonyl (C=O) groups is 2. The van der Waals surface area contributed by atoms with E-state index in [4.69, 9.17) is 0 Å². The van der Waals surface area contributed by atoms with Crippen molar-refractivity contribution in [2.75, 3.05) is 23.4 Å². The van der Waals surface area contributed by atoms with Gasteiger partial charge < -0.3 is 9.80 Å². The molecule has 0 radical (unpaired) electrons. The van der Waals surface area contributed by atoms with Gasteiger partial charge in [-0.15, -0.1) is 0 Å². The molecule has 4 rings (SSSR count). The molecular formula is C21H21FN2O2. The van der Waals surface area contributed by atoms with Gasteiger partial charge in [0.15, 0.2) is 0 Å². The number of halogens is 1. The molecule has 1 saturated heterocycles. The SMILES string of the molecule is CN(C(=O)C1CC(=O)N(c2ccc3c(c2)CCC3)C1)c1ccc(F)cc1. The molecule has 1 heterocycles. The van der Waals surface area contributed by atoms with E-state index >= 15 is 0 Å². The first kappa shape index (κ1) is 16.8. The Labute approximate surface area is 152 Å². The molecule has 5 heteroatoms. The monoisotopic (exact) mass is 352 g/mol. The van der Waals surface area contributed by atoms with Gasteiger partial charge in [-0.3, -0.25) is 9.59 Å². The zero-order valence-electron chi connectivity index (χ0n) is 14.7. The highest BCUT2D eigenvalue weighted by Crippen LogP contribution is 2.31. The van der Waals surface area contributed by atoms with Gasteiger partial charge in [0.1, 0.15) is 5.82 Å². The van der Waals surface area contributed by atoms with E-state index < -0.39 is 0 Å². The van der Waals surface area contributed by atoms with E-state index in [0.29, 0.717) is 12.2 Å². The number of nitrogens with zero attached hydrogens (tertiary/aromatic N) is 2. The summed E-state index contributed by atoms with van der Waals surface area (Å²) in [4.78, 5) is 28.5. The van der Waals surface area contributed by atoms with Crippen LogP contribution in [0.1, 0.15) is 24.0 Å². The van der Waals surface area contributed by atoms with Gasteiger partial charge in [0.25, 0.3) is 0 Å². The first-order valence-electron chi connectivity index (χ1n) is 8.98. The molecule has 1 unspecified atom stereocenters. The van der Waals surface area contributed by atoms with Gasteiger partial charge in [-0.2, -0.15) is 0 Å². The van der Waals surface area contributed by atoms with Crippen molar-refractivity contribution < 1.29 is 14.0 Å². The maximum atomic E-state index is 13.1. The predicted molar refractivity (Wildman–Crippen MR) is 98.7 cm³/mol. The molecule has 4 nitrogen and oxygen atoms in total. The van der Waals surface area contributed by atoms with Crippen LogP contribution >= 0.6 is 0 Å². The van der Waals surface area contributed by atoms with E-state index in [0.717, 1.165) is 24.9 Å². The van der Waals surface area contributed by atoms with Crippen LogP contribution in [0.5, 0.6) is 0 Å². The molecule has 0 aromatic heterocycles. The Kier molecular flexibility index (Phi) is 4.23. The van der Waals surface area contributed by atoms with Crippen LogP contribution in [0.4, 0.5) is 15.8 Å². The summed E-state index contributed by atoms with van der Waals surface area (Å²) >= 11 is 0. The van der Waals surface area contributed by atoms with Gasteiger partial charge in [-0.05, 0) is 66.8 Å². The number of anilines is 2. The smallest absolute Gasteiger partial charge is 0.232 e. The highest BCUT2D eigenvalue weighted by atomic mass is 19.1. The molecule has 134 valence electrons. The summed E-state index contributed by atoms with van der Waals surface area (Å²) in [5.74, 6) is -0.860. The van der Waals surface area contributed by atoms with E-state index in [9.17, 15) is 14.0 Å². The van der Waals surface area contributed by atoms with Crippen molar-refractivity contribution >= 4 is 23.2 Å². The molecule has 1 atom stereocenters. The fraction of sp³-hybridized carbons (Fsp3) is 0.333. The van der Waals surface area contributed by atoms with Crippen LogP contribution < -0.4 is 9.80 Å². The van der Waals surface area contributed by atoms with Crippen molar-refractivity contribution in [3.8, 4) is 0 Å². The van der Waals surface area contributed by atoms with Crippen LogP contribution in [-0.2, 0) is 22.4 Å². The van der Waals surface area contributed by atoms with Gasteiger partial charge in [-0.1, -0.05) is 6.07 Å². The third kappa shape index (κ3) is 2.98. The number of aryl methyl sites for hydroxylation is 2. The van der Waals surface area contributed by atoms with Gasteiger partial charge >= 0.3 is 0 Å². The largest absolute Gasteiger partial charge is 0.315 e. The Balaban J connectivity index is 1.50. The van der Waals surface area contributed by atoms with Crippen molar-refractivity contribution in [3.05, 3.63) is 59.4 Å². The molecule has 2 aromatic rings. The normalized spacial score (nSPS) is 18.9. The van der Waals surface area contributed by atoms with E-state index in [1.807, 2.05) is 6.07 Å². The average Bonchev–Trinajstić information content (AvgIpc) is 3.26. The second-order valence-electron chi connectivity index (χ2n) is 7.09. The highest BCUT2D eigenvalue weighted by molar-refractivity contribution is 6.04. The standard InChI is InChI=1S/C21H21FN2O2/c1-23(18-9-6-17(22)7-10-18)21(26)16-12-20(25)24(13-16)19-8-5-14-3-2-4-15(14)11-19/h5-11,16H,2-4,12-13H2,1H3. The maximum absolute atomic E-state index is 13.1. The Morgan fingerprint density at radius 2 is 1.85 bits per heavy atom. The quantitative estimate of drug-likeness (QED) is 0.850. The van der Waals surface area contributed by atoms with Crippen LogP contribution in [0.2, 0.25) is 0 Å². The van der Waals surface area contributed by atoms with Crippen molar-refractivity contribution in [2.24, 2.45) is 5.92 Å². The van der Waals surface area contributed by atoms with Crippen LogP contribution in [-0.4, -0.2) is 25.4 Å². The Morgan fingerprint density at radius 1 is 1.12 bits per heavy atom. The maximum Gasteiger partial charge on any atom is 0.232 e. The van der Waals surface area contributed by atoms with E-state index in [-0.39, 0.29) is 30.0 Å². The molecule has 1 aliphatic carbocycles. The third-order valence-electron chi connectivity index (χ3n) is 5.41. The van der Waals surface area contributed by atoms with Crippen molar-refractivity contribution in [1.82, 2.24) is 0 Å². The molecule has 2 aliphatic rings. The first-order chi connectivity index (χ1) is 12.5. The van der Waals surface area contributed by atoms with Crippen LogP contribution in [0.15, 0.2) is 42.5 Å². The van der Waals surface area contributed by atoms with Gasteiger partial charge in [0.05, 0.1) is 5.92 Å². The third-order valence-corrected chi connectivity index (χ3v) is 5.41. The summed E-state index contributed by atoms with van der Waals surface area (Å²) in [6, 6.07) is 12.0. The Morgan fingerprint density at radius 3 is 2.62 bits per heavy atom. The second-order valence-corrected chi connectivity index (χ2v) is 7.09. The Bertz CT molecular complexity index is 863. The van der Waals surface area contributed by atoms with E-state index in [1.165, 1.54) is 28.2 Å². The lowest BCUT2D eigenvalue weighted by atomic mass is 10.1. The molecule has 1 fully saturated rings. The molecule has 0 saturated carbocycles. The predicted octanol–water partition coefficient (Wildman–Crippen LogP) is 3.33. The number of hydrogen-bond donors (Lipinski definition) is 0. The molecule has 26 heavy (non-hydrogen) atoms. The molecule has 0 N–H and O–H groups in total. The average molecular weight is 352 g/mol. The molecular weight excluding hydrogens is 331 g/mol. The lowest BCUT2D eigenvalue weighted by molar-refractivity contribution is -0.124. The summed E-state index contributed by atoms with van der Waals surface area (Å²) in [5.41, 5.74) is 4.19. The molecule has 2 aromatic carbocycles. The molecule has 0 bridgehead atoms. The fourth-order valence-corrected chi connectivity index (χ4v) is 3.91. The summed E-state index contributed by atoms with van der Waals surface area (Å²) in [6.07, 6.45) is 3.53. The van der Waals surface area contributed by atoms with Crippen LogP contribution in [0.3, 0.4) is 0 Å². The van der Waals surface area contributed by atoms with Crippen molar-refractivity contribution in [3.63, 3.8) is 0 Å². The number of amides is 2. The van der Waals surface area contributed by atoms with Gasteiger partial charge in [0.2, 0.25) is 11.8 Å². The van der Waals surface area contributed by atoms with E-state index in [1.54, 1.807) is 24.1 Å². The summed E-state index contributed by atoms with van der Waals surface area (Å²) in [7, 11) is 1.66. The first-order valence-corrected chi connectivity index (χ1v) is 8.98.